The summed E-state index contributed by atoms with van der Waals surface area (Å²) in [7, 11) is -10.0. The lowest BCUT2D eigenvalue weighted by Gasteiger charge is -2.21. The number of aliphatic hydroxyl groups is 1. The van der Waals surface area contributed by atoms with E-state index in [0.717, 1.165) is 173 Å². The van der Waals surface area contributed by atoms with Gasteiger partial charge in [-0.1, -0.05) is 249 Å². The zero-order valence-corrected chi connectivity index (χ0v) is 63.3. The van der Waals surface area contributed by atoms with Crippen LogP contribution in [0.15, 0.2) is 170 Å². The van der Waals surface area contributed by atoms with E-state index in [1.165, 1.54) is 0 Å². The summed E-state index contributed by atoms with van der Waals surface area (Å²) in [6, 6.07) is 0. The van der Waals surface area contributed by atoms with Crippen LogP contribution < -0.4 is 0 Å². The van der Waals surface area contributed by atoms with E-state index in [1.54, 1.807) is 0 Å². The molecule has 19 heteroatoms. The van der Waals surface area contributed by atoms with Crippen LogP contribution in [0.4, 0.5) is 0 Å². The maximum Gasteiger partial charge on any atom is 0.472 e. The molecule has 0 aliphatic heterocycles. The summed E-state index contributed by atoms with van der Waals surface area (Å²) in [5.41, 5.74) is 0. The number of allylic oxidation sites excluding steroid dienone is 28. The first-order valence-electron chi connectivity index (χ1n) is 37.4. The minimum Gasteiger partial charge on any atom is -0.462 e. The molecule has 0 aromatic carbocycles. The lowest BCUT2D eigenvalue weighted by Crippen LogP contribution is -2.30. The lowest BCUT2D eigenvalue weighted by atomic mass is 10.1. The van der Waals surface area contributed by atoms with Crippen LogP contribution in [0.3, 0.4) is 0 Å². The molecule has 100 heavy (non-hydrogen) atoms. The third-order valence-corrected chi connectivity index (χ3v) is 16.5. The largest absolute Gasteiger partial charge is 0.472 e. The van der Waals surface area contributed by atoms with Gasteiger partial charge in [-0.15, -0.1) is 0 Å². The van der Waals surface area contributed by atoms with Crippen molar-refractivity contribution in [3.8, 4) is 0 Å². The molecule has 0 saturated carbocycles. The molecule has 0 bridgehead atoms. The Morgan fingerprint density at radius 2 is 0.540 bits per heavy atom. The number of carbonyl (C=O) groups excluding carboxylic acids is 4. The van der Waals surface area contributed by atoms with E-state index in [4.69, 9.17) is 37.0 Å². The fraction of sp³-hybridized carbons (Fsp3) is 0.605. The number of rotatable bonds is 68. The molecular weight excluding hydrogens is 1310 g/mol. The molecule has 0 aliphatic carbocycles. The Morgan fingerprint density at radius 1 is 0.290 bits per heavy atom. The number of ether oxygens (including phenoxy) is 4. The molecule has 566 valence electrons. The summed E-state index contributed by atoms with van der Waals surface area (Å²) < 4.78 is 68.3. The minimum absolute atomic E-state index is 0.0262. The number of hydrogen-bond acceptors (Lipinski definition) is 15. The number of phosphoric acid groups is 2. The van der Waals surface area contributed by atoms with Gasteiger partial charge in [-0.05, 0) is 154 Å². The molecule has 3 N–H and O–H groups in total. The first-order chi connectivity index (χ1) is 48.7. The summed E-state index contributed by atoms with van der Waals surface area (Å²) >= 11 is 0. The Bertz CT molecular complexity index is 2570. The molecule has 5 atom stereocenters. The fourth-order valence-corrected chi connectivity index (χ4v) is 10.6. The van der Waals surface area contributed by atoms with E-state index in [1.807, 2.05) is 18.2 Å². The van der Waals surface area contributed by atoms with Gasteiger partial charge in [0.05, 0.1) is 26.4 Å². The van der Waals surface area contributed by atoms with Crippen molar-refractivity contribution >= 4 is 39.5 Å². The van der Waals surface area contributed by atoms with Gasteiger partial charge in [-0.2, -0.15) is 0 Å². The van der Waals surface area contributed by atoms with Crippen LogP contribution in [0.1, 0.15) is 259 Å². The van der Waals surface area contributed by atoms with Gasteiger partial charge < -0.3 is 33.8 Å². The highest BCUT2D eigenvalue weighted by Gasteiger charge is 2.30. The fourth-order valence-electron chi connectivity index (χ4n) is 9.02. The number of hydrogen-bond donors (Lipinski definition) is 3. The Labute approximate surface area is 603 Å². The van der Waals surface area contributed by atoms with Crippen LogP contribution in [0.25, 0.3) is 0 Å². The summed E-state index contributed by atoms with van der Waals surface area (Å²) in [5, 5.41) is 10.6. The van der Waals surface area contributed by atoms with Crippen molar-refractivity contribution < 1.29 is 80.2 Å². The van der Waals surface area contributed by atoms with Crippen molar-refractivity contribution in [3.63, 3.8) is 0 Å². The molecule has 0 fully saturated rings. The molecule has 0 spiro atoms. The van der Waals surface area contributed by atoms with Crippen LogP contribution in [-0.2, 0) is 65.4 Å². The SMILES string of the molecule is CC/C=C\C/C=C\C/C=C\C/C=C\C/C=C\C/C=C\CCC(=O)OCC(COP(=O)(O)OCC(O)COP(=O)(O)OCC(COC(=O)CCCC/C=C\C/C=C\C/C=C\C/C=C\CC)OC(=O)CCCCCCC/C=C\C/C=C\CCC)OC(=O)CCCCCCC/C=C\C/C=C\CCC. The second kappa shape index (κ2) is 71.8. The maximum absolute atomic E-state index is 13.1. The monoisotopic (exact) mass is 1440 g/mol. The molecule has 0 heterocycles. The molecule has 0 aromatic rings. The predicted octanol–water partition coefficient (Wildman–Crippen LogP) is 21.4. The molecule has 0 saturated heterocycles. The highest BCUT2D eigenvalue weighted by molar-refractivity contribution is 7.47. The Kier molecular flexibility index (Phi) is 67.8. The number of aliphatic hydroxyl groups excluding tert-OH is 1. The highest BCUT2D eigenvalue weighted by Crippen LogP contribution is 2.45. The van der Waals surface area contributed by atoms with Crippen LogP contribution >= 0.6 is 15.6 Å². The van der Waals surface area contributed by atoms with Gasteiger partial charge in [0.15, 0.2) is 12.2 Å². The van der Waals surface area contributed by atoms with Crippen molar-refractivity contribution in [2.24, 2.45) is 0 Å². The van der Waals surface area contributed by atoms with Gasteiger partial charge in [-0.3, -0.25) is 37.3 Å². The van der Waals surface area contributed by atoms with Crippen LogP contribution in [0, 0.1) is 0 Å². The smallest absolute Gasteiger partial charge is 0.462 e. The third kappa shape index (κ3) is 70.8. The molecule has 0 amide bonds. The molecule has 0 aliphatic rings. The summed E-state index contributed by atoms with van der Waals surface area (Å²) in [6.45, 7) is 4.30. The minimum atomic E-state index is -5.00. The van der Waals surface area contributed by atoms with E-state index in [2.05, 4.69) is 180 Å². The third-order valence-electron chi connectivity index (χ3n) is 14.6. The Morgan fingerprint density at radius 3 is 0.880 bits per heavy atom. The number of phosphoric ester groups is 2. The quantitative estimate of drug-likeness (QED) is 0.0169. The van der Waals surface area contributed by atoms with Crippen LogP contribution in [0.2, 0.25) is 0 Å². The van der Waals surface area contributed by atoms with E-state index in [0.29, 0.717) is 32.1 Å². The van der Waals surface area contributed by atoms with Crippen LogP contribution in [0.5, 0.6) is 0 Å². The summed E-state index contributed by atoms with van der Waals surface area (Å²) in [4.78, 5) is 72.8. The maximum atomic E-state index is 13.1. The Hall–Kier alpha value is -5.58. The Balaban J connectivity index is 5.47. The van der Waals surface area contributed by atoms with Gasteiger partial charge in [-0.25, -0.2) is 9.13 Å². The van der Waals surface area contributed by atoms with Crippen molar-refractivity contribution in [2.45, 2.75) is 277 Å². The van der Waals surface area contributed by atoms with Gasteiger partial charge in [0.1, 0.15) is 19.3 Å². The molecular formula is C81H130O17P2. The van der Waals surface area contributed by atoms with Crippen molar-refractivity contribution in [1.82, 2.24) is 0 Å². The number of esters is 4. The summed E-state index contributed by atoms with van der Waals surface area (Å²) in [5.74, 6) is -2.37. The van der Waals surface area contributed by atoms with Crippen molar-refractivity contribution in [3.05, 3.63) is 170 Å². The van der Waals surface area contributed by atoms with E-state index in [-0.39, 0.29) is 25.7 Å². The first kappa shape index (κ1) is 94.4. The van der Waals surface area contributed by atoms with Crippen LogP contribution in [-0.4, -0.2) is 96.7 Å². The van der Waals surface area contributed by atoms with E-state index >= 15 is 0 Å². The van der Waals surface area contributed by atoms with E-state index < -0.39 is 97.5 Å². The molecule has 0 rings (SSSR count). The van der Waals surface area contributed by atoms with Crippen molar-refractivity contribution in [2.75, 3.05) is 39.6 Å². The molecule has 0 aromatic heterocycles. The van der Waals surface area contributed by atoms with Crippen molar-refractivity contribution in [1.29, 1.82) is 0 Å². The number of carbonyl (C=O) groups is 4. The molecule has 5 unspecified atom stereocenters. The predicted molar refractivity (Wildman–Crippen MR) is 408 cm³/mol. The number of unbranched alkanes of at least 4 members (excludes halogenated alkanes) is 14. The normalized spacial score (nSPS) is 14.9. The van der Waals surface area contributed by atoms with Gasteiger partial charge >= 0.3 is 39.5 Å². The second-order valence-corrected chi connectivity index (χ2v) is 27.0. The van der Waals surface area contributed by atoms with E-state index in [9.17, 15) is 43.2 Å². The van der Waals surface area contributed by atoms with Gasteiger partial charge in [0.2, 0.25) is 0 Å². The topological polar surface area (TPSA) is 237 Å². The first-order valence-corrected chi connectivity index (χ1v) is 40.4. The zero-order chi connectivity index (χ0) is 73.2. The molecule has 0 radical (unpaired) electrons. The van der Waals surface area contributed by atoms with Gasteiger partial charge in [0, 0.05) is 25.7 Å². The van der Waals surface area contributed by atoms with Gasteiger partial charge in [0.25, 0.3) is 0 Å². The zero-order valence-electron chi connectivity index (χ0n) is 61.5. The lowest BCUT2D eigenvalue weighted by molar-refractivity contribution is -0.161. The molecule has 17 nitrogen and oxygen atoms in total. The average molecular weight is 1440 g/mol. The summed E-state index contributed by atoms with van der Waals surface area (Å²) in [6.07, 6.45) is 83.7. The standard InChI is InChI=1S/C81H130O17P2/c1-5-9-13-17-21-25-29-33-35-36-37-38-40-44-46-50-54-58-62-66-79(84)92-72-77(98-81(86)68-64-60-56-52-48-42-32-28-24-20-16-12-8-4)74-96-100(89,90)94-70-75(82)69-93-99(87,88)95-73-76(97-80(85)67-63-59-55-51-47-41-31-27-23-19-15-11-7-3)71-91-78(83)65-61-57-53-49-45-43-39-34-30-26-22-18-14-10-6-2/h9-10,13-16,19-22,25-28,31-35,37-39,44-46,49,54,58,75-77,82H,5-8,11-12,17-18,23-24,29-30,36,40-43,47-48,50-53,55-57,59-74H2,1-4H3,(H,87,88)(H,89,90)/b13-9-,14-10-,19-15-,20-16-,25-21-,26-22-,31-27-,32-28-,35-33-,38-37-,39-34-,46-44-,49-45-,58-54-. The second-order valence-electron chi connectivity index (χ2n) is 24.1. The average Bonchev–Trinajstić information content (AvgIpc) is 0.935. The highest BCUT2D eigenvalue weighted by atomic mass is 31.2.